The van der Waals surface area contributed by atoms with Gasteiger partial charge in [0.25, 0.3) is 0 Å². The average molecular weight is 434 g/mol. The van der Waals surface area contributed by atoms with Crippen LogP contribution in [0.4, 0.5) is 5.69 Å². The molecule has 0 saturated carbocycles. The average Bonchev–Trinajstić information content (AvgIpc) is 3.42. The van der Waals surface area contributed by atoms with E-state index in [1.54, 1.807) is 5.01 Å². The summed E-state index contributed by atoms with van der Waals surface area (Å²) in [6, 6.07) is 4.96. The first kappa shape index (κ1) is 19.5. The summed E-state index contributed by atoms with van der Waals surface area (Å²) in [4.78, 5) is 31.9. The number of fused-ring (bicyclic) bond motifs is 1. The molecule has 0 fully saturated rings. The summed E-state index contributed by atoms with van der Waals surface area (Å²) >= 11 is 2.87. The number of amides is 1. The van der Waals surface area contributed by atoms with Gasteiger partial charge in [0.2, 0.25) is 5.91 Å². The Kier molecular flexibility index (Phi) is 5.56. The van der Waals surface area contributed by atoms with Gasteiger partial charge in [-0.15, -0.1) is 28.6 Å². The molecule has 0 spiro atoms. The number of hydrogen-bond acceptors (Lipinski definition) is 10. The van der Waals surface area contributed by atoms with Gasteiger partial charge in [-0.25, -0.2) is 9.78 Å². The molecule has 1 aromatic heterocycles. The van der Waals surface area contributed by atoms with Gasteiger partial charge in [0, 0.05) is 24.7 Å². The topological polar surface area (TPSA) is 131 Å². The Balaban J connectivity index is 1.35. The number of carbonyl (C=O) groups is 2. The minimum atomic E-state index is -0.915. The second-order valence-corrected chi connectivity index (χ2v) is 8.47. The monoisotopic (exact) mass is 433 g/mol. The number of thioether (sulfide) groups is 1. The lowest BCUT2D eigenvalue weighted by molar-refractivity contribution is -0.137. The van der Waals surface area contributed by atoms with Crippen molar-refractivity contribution in [1.82, 2.24) is 26.3 Å². The van der Waals surface area contributed by atoms with E-state index in [0.717, 1.165) is 26.6 Å². The molecule has 5 N–H and O–H groups in total. The summed E-state index contributed by atoms with van der Waals surface area (Å²) in [5.41, 5.74) is 8.32. The molecule has 0 aliphatic carbocycles. The first-order valence-corrected chi connectivity index (χ1v) is 10.6. The van der Waals surface area contributed by atoms with Crippen molar-refractivity contribution in [2.75, 3.05) is 31.2 Å². The number of carboxylic acids is 1. The minimum absolute atomic E-state index is 0.122. The lowest BCUT2D eigenvalue weighted by Gasteiger charge is -2.08. The fourth-order valence-corrected chi connectivity index (χ4v) is 4.83. The molecule has 2 aromatic rings. The van der Waals surface area contributed by atoms with Crippen LogP contribution in [0.15, 0.2) is 35.1 Å². The third-order valence-corrected chi connectivity index (χ3v) is 6.39. The van der Waals surface area contributed by atoms with Crippen molar-refractivity contribution >= 4 is 55.9 Å². The van der Waals surface area contributed by atoms with Crippen LogP contribution in [0.2, 0.25) is 0 Å². The van der Waals surface area contributed by atoms with Gasteiger partial charge in [-0.3, -0.25) is 14.8 Å². The largest absolute Gasteiger partial charge is 0.480 e. The predicted octanol–water partition coefficient (Wildman–Crippen LogP) is 0.567. The number of carbonyl (C=O) groups excluding carboxylic acids is 1. The van der Waals surface area contributed by atoms with E-state index in [9.17, 15) is 9.59 Å². The summed E-state index contributed by atoms with van der Waals surface area (Å²) in [6.45, 7) is 0.558. The number of carboxylic acid groups (broad SMARTS) is 1. The Morgan fingerprint density at radius 3 is 3.00 bits per heavy atom. The SMILES string of the molecule is CN1C=C(CNC(=O)CNc2ccc3nc(C4=NC(C(=O)O)CS4)sc3c2)NN1. The fourth-order valence-electron chi connectivity index (χ4n) is 2.73. The molecule has 3 heterocycles. The highest BCUT2D eigenvalue weighted by Gasteiger charge is 2.26. The van der Waals surface area contributed by atoms with Gasteiger partial charge >= 0.3 is 5.97 Å². The fraction of sp³-hybridized carbons (Fsp3) is 0.294. The summed E-state index contributed by atoms with van der Waals surface area (Å²) < 4.78 is 0.946. The normalized spacial score (nSPS) is 18.4. The van der Waals surface area contributed by atoms with Gasteiger partial charge < -0.3 is 21.2 Å². The Morgan fingerprint density at radius 1 is 1.41 bits per heavy atom. The number of nitrogens with zero attached hydrogens (tertiary/aromatic N) is 3. The third kappa shape index (κ3) is 4.60. The number of thiazole rings is 1. The molecule has 29 heavy (non-hydrogen) atoms. The summed E-state index contributed by atoms with van der Waals surface area (Å²) in [6.07, 6.45) is 1.86. The van der Waals surface area contributed by atoms with Crippen LogP contribution < -0.4 is 21.6 Å². The molecule has 4 rings (SSSR count). The Hall–Kier alpha value is -2.83. The lowest BCUT2D eigenvalue weighted by atomic mass is 10.3. The van der Waals surface area contributed by atoms with E-state index < -0.39 is 12.0 Å². The highest BCUT2D eigenvalue weighted by atomic mass is 32.2. The van der Waals surface area contributed by atoms with E-state index in [2.05, 4.69) is 31.6 Å². The Labute approximate surface area is 174 Å². The number of benzene rings is 1. The third-order valence-electron chi connectivity index (χ3n) is 4.18. The van der Waals surface area contributed by atoms with Crippen LogP contribution in [0.1, 0.15) is 5.01 Å². The van der Waals surface area contributed by atoms with E-state index >= 15 is 0 Å². The van der Waals surface area contributed by atoms with Crippen molar-refractivity contribution in [2.24, 2.45) is 4.99 Å². The van der Waals surface area contributed by atoms with Crippen LogP contribution in [0.25, 0.3) is 10.2 Å². The molecular formula is C17H19N7O3S2. The zero-order valence-electron chi connectivity index (χ0n) is 15.4. The highest BCUT2D eigenvalue weighted by Crippen LogP contribution is 2.31. The molecule has 0 bridgehead atoms. The van der Waals surface area contributed by atoms with E-state index in [4.69, 9.17) is 5.11 Å². The van der Waals surface area contributed by atoms with Crippen LogP contribution >= 0.6 is 23.1 Å². The number of anilines is 1. The molecule has 1 atom stereocenters. The zero-order chi connectivity index (χ0) is 20.4. The number of hydrogen-bond donors (Lipinski definition) is 5. The van der Waals surface area contributed by atoms with Crippen molar-refractivity contribution in [3.8, 4) is 0 Å². The molecular weight excluding hydrogens is 414 g/mol. The molecule has 2 aliphatic heterocycles. The van der Waals surface area contributed by atoms with E-state index in [1.165, 1.54) is 23.1 Å². The van der Waals surface area contributed by atoms with Gasteiger partial charge in [0.15, 0.2) is 6.04 Å². The number of aliphatic imine (C=N–C) groups is 1. The molecule has 0 radical (unpaired) electrons. The molecule has 1 unspecified atom stereocenters. The van der Waals surface area contributed by atoms with Crippen molar-refractivity contribution in [3.63, 3.8) is 0 Å². The molecule has 2 aliphatic rings. The first-order chi connectivity index (χ1) is 14.0. The maximum Gasteiger partial charge on any atom is 0.329 e. The zero-order valence-corrected chi connectivity index (χ0v) is 17.1. The van der Waals surface area contributed by atoms with Gasteiger partial charge in [-0.05, 0) is 18.2 Å². The van der Waals surface area contributed by atoms with Crippen LogP contribution in [-0.2, 0) is 9.59 Å². The number of rotatable bonds is 7. The Bertz CT molecular complexity index is 1020. The first-order valence-electron chi connectivity index (χ1n) is 8.78. The smallest absolute Gasteiger partial charge is 0.329 e. The summed E-state index contributed by atoms with van der Waals surface area (Å²) in [5, 5.41) is 18.2. The predicted molar refractivity (Wildman–Crippen MR) is 114 cm³/mol. The number of hydrazine groups is 2. The molecule has 152 valence electrons. The summed E-state index contributed by atoms with van der Waals surface area (Å²) in [5.74, 6) is -0.605. The minimum Gasteiger partial charge on any atom is -0.480 e. The summed E-state index contributed by atoms with van der Waals surface area (Å²) in [7, 11) is 1.85. The van der Waals surface area contributed by atoms with E-state index in [1.807, 2.05) is 31.4 Å². The van der Waals surface area contributed by atoms with Crippen LogP contribution in [-0.4, -0.2) is 64.0 Å². The second kappa shape index (κ2) is 8.27. The maximum atomic E-state index is 12.0. The number of nitrogens with one attached hydrogen (secondary N) is 4. The van der Waals surface area contributed by atoms with Crippen molar-refractivity contribution in [3.05, 3.63) is 35.1 Å². The number of aromatic nitrogens is 1. The quantitative estimate of drug-likeness (QED) is 0.425. The number of aliphatic carboxylic acids is 1. The van der Waals surface area contributed by atoms with Gasteiger partial charge in [-0.1, -0.05) is 0 Å². The maximum absolute atomic E-state index is 12.0. The molecule has 0 saturated heterocycles. The Morgan fingerprint density at radius 2 is 2.28 bits per heavy atom. The molecule has 1 aromatic carbocycles. The van der Waals surface area contributed by atoms with Crippen molar-refractivity contribution in [1.29, 1.82) is 0 Å². The molecule has 10 nitrogen and oxygen atoms in total. The molecule has 12 heteroatoms. The van der Waals surface area contributed by atoms with Crippen molar-refractivity contribution < 1.29 is 14.7 Å². The van der Waals surface area contributed by atoms with E-state index in [0.29, 0.717) is 17.3 Å². The van der Waals surface area contributed by atoms with Crippen LogP contribution in [0.5, 0.6) is 0 Å². The van der Waals surface area contributed by atoms with Crippen LogP contribution in [0, 0.1) is 0 Å². The van der Waals surface area contributed by atoms with Crippen molar-refractivity contribution in [2.45, 2.75) is 6.04 Å². The second-order valence-electron chi connectivity index (χ2n) is 6.43. The molecule has 1 amide bonds. The standard InChI is InChI=1S/C17H19N7O3S2/c1-24-7-10(22-23-24)5-19-14(25)6-18-9-2-3-11-13(4-9)29-16(20-11)15-21-12(8-28-15)17(26)27/h2-4,7,12,18,22-23H,5-6,8H2,1H3,(H,19,25)(H,26,27). The highest BCUT2D eigenvalue weighted by molar-refractivity contribution is 8.15. The van der Waals surface area contributed by atoms with Gasteiger partial charge in [0.05, 0.1) is 29.0 Å². The lowest BCUT2D eigenvalue weighted by Crippen LogP contribution is -2.37. The van der Waals surface area contributed by atoms with Gasteiger partial charge in [0.1, 0.15) is 10.1 Å². The van der Waals surface area contributed by atoms with E-state index in [-0.39, 0.29) is 12.5 Å². The van der Waals surface area contributed by atoms with Crippen LogP contribution in [0.3, 0.4) is 0 Å². The van der Waals surface area contributed by atoms with Gasteiger partial charge in [-0.2, -0.15) is 0 Å².